The van der Waals surface area contributed by atoms with Gasteiger partial charge in [0.2, 0.25) is 0 Å². The summed E-state index contributed by atoms with van der Waals surface area (Å²) >= 11 is 0. The third-order valence-electron chi connectivity index (χ3n) is 4.19. The van der Waals surface area contributed by atoms with Crippen LogP contribution < -0.4 is 10.4 Å². The van der Waals surface area contributed by atoms with Crippen molar-refractivity contribution in [1.82, 2.24) is 19.8 Å². The number of aliphatic hydroxyl groups is 1. The molecule has 2 aromatic carbocycles. The van der Waals surface area contributed by atoms with Gasteiger partial charge in [-0.15, -0.1) is 0 Å². The van der Waals surface area contributed by atoms with E-state index in [1.54, 1.807) is 12.1 Å². The van der Waals surface area contributed by atoms with Crippen LogP contribution in [0.5, 0.6) is 5.75 Å². The highest BCUT2D eigenvalue weighted by Gasteiger charge is 2.15. The van der Waals surface area contributed by atoms with Crippen LogP contribution in [-0.4, -0.2) is 37.6 Å². The first-order valence-electron chi connectivity index (χ1n) is 8.84. The summed E-state index contributed by atoms with van der Waals surface area (Å²) in [7, 11) is 0. The molecule has 0 fully saturated rings. The van der Waals surface area contributed by atoms with Crippen molar-refractivity contribution in [3.63, 3.8) is 0 Å². The van der Waals surface area contributed by atoms with Gasteiger partial charge in [-0.25, -0.2) is 4.79 Å². The topological polar surface area (TPSA) is 82.2 Å². The predicted molar refractivity (Wildman–Crippen MR) is 102 cm³/mol. The van der Waals surface area contributed by atoms with E-state index >= 15 is 0 Å². The Hall–Kier alpha value is -2.93. The molecular weight excluding hydrogens is 344 g/mol. The molecule has 1 N–H and O–H groups in total. The molecule has 0 saturated carbocycles. The number of benzene rings is 2. The molecule has 3 rings (SSSR count). The largest absolute Gasteiger partial charge is 0.491 e. The molecule has 1 aromatic heterocycles. The number of tetrazole rings is 1. The van der Waals surface area contributed by atoms with Crippen molar-refractivity contribution >= 4 is 0 Å². The minimum atomic E-state index is -0.883. The molecule has 0 aliphatic heterocycles. The lowest BCUT2D eigenvalue weighted by atomic mass is 9.87. The molecule has 0 amide bonds. The van der Waals surface area contributed by atoms with E-state index in [1.165, 1.54) is 10.2 Å². The van der Waals surface area contributed by atoms with E-state index in [9.17, 15) is 9.90 Å². The van der Waals surface area contributed by atoms with Crippen molar-refractivity contribution in [2.24, 2.45) is 0 Å². The highest BCUT2D eigenvalue weighted by atomic mass is 16.5. The molecule has 0 spiro atoms. The van der Waals surface area contributed by atoms with Gasteiger partial charge in [0, 0.05) is 0 Å². The van der Waals surface area contributed by atoms with Crippen molar-refractivity contribution in [1.29, 1.82) is 0 Å². The molecule has 3 aromatic rings. The number of aromatic nitrogens is 4. The van der Waals surface area contributed by atoms with Gasteiger partial charge in [-0.3, -0.25) is 0 Å². The summed E-state index contributed by atoms with van der Waals surface area (Å²) in [6, 6.07) is 16.8. The summed E-state index contributed by atoms with van der Waals surface area (Å²) in [5.74, 6) is 0.669. The standard InChI is InChI=1S/C20H24N4O3/c1-20(2,3)15-9-11-18(12-10-15)27-14-17(25)13-23-19(26)24(22-21-23)16-7-5-4-6-8-16/h4-12,17,25H,13-14H2,1-3H3/t17-/m0/s1. The van der Waals surface area contributed by atoms with Crippen LogP contribution in [0.4, 0.5) is 0 Å². The quantitative estimate of drug-likeness (QED) is 0.721. The number of nitrogens with zero attached hydrogens (tertiary/aromatic N) is 4. The lowest BCUT2D eigenvalue weighted by molar-refractivity contribution is 0.0878. The van der Waals surface area contributed by atoms with Crippen LogP contribution in [0.3, 0.4) is 0 Å². The molecule has 0 unspecified atom stereocenters. The van der Waals surface area contributed by atoms with E-state index in [0.29, 0.717) is 11.4 Å². The lowest BCUT2D eigenvalue weighted by Crippen LogP contribution is -2.31. The Balaban J connectivity index is 1.59. The zero-order chi connectivity index (χ0) is 19.4. The monoisotopic (exact) mass is 368 g/mol. The summed E-state index contributed by atoms with van der Waals surface area (Å²) in [5, 5.41) is 17.9. The van der Waals surface area contributed by atoms with E-state index in [-0.39, 0.29) is 18.6 Å². The highest BCUT2D eigenvalue weighted by Crippen LogP contribution is 2.24. The Morgan fingerprint density at radius 3 is 2.33 bits per heavy atom. The van der Waals surface area contributed by atoms with Crippen molar-refractivity contribution in [2.45, 2.75) is 38.8 Å². The van der Waals surface area contributed by atoms with Crippen molar-refractivity contribution in [3.05, 3.63) is 70.6 Å². The van der Waals surface area contributed by atoms with Gasteiger partial charge in [-0.2, -0.15) is 9.36 Å². The maximum absolute atomic E-state index is 12.4. The fourth-order valence-electron chi connectivity index (χ4n) is 2.62. The lowest BCUT2D eigenvalue weighted by Gasteiger charge is -2.19. The number of rotatable bonds is 6. The second-order valence-electron chi connectivity index (χ2n) is 7.43. The van der Waals surface area contributed by atoms with Crippen LogP contribution in [0.15, 0.2) is 59.4 Å². The third-order valence-corrected chi connectivity index (χ3v) is 4.19. The minimum absolute atomic E-state index is 0.00570. The van der Waals surface area contributed by atoms with Gasteiger partial charge < -0.3 is 9.84 Å². The Bertz CT molecular complexity index is 924. The Labute approximate surface area is 157 Å². The first-order chi connectivity index (χ1) is 12.8. The van der Waals surface area contributed by atoms with Crippen LogP contribution in [-0.2, 0) is 12.0 Å². The summed E-state index contributed by atoms with van der Waals surface area (Å²) in [6.45, 7) is 6.50. The van der Waals surface area contributed by atoms with Crippen LogP contribution in [0, 0.1) is 0 Å². The fraction of sp³-hybridized carbons (Fsp3) is 0.350. The molecular formula is C20H24N4O3. The summed E-state index contributed by atoms with van der Waals surface area (Å²) in [5.41, 5.74) is 1.50. The van der Waals surface area contributed by atoms with E-state index in [0.717, 1.165) is 4.68 Å². The van der Waals surface area contributed by atoms with Crippen LogP contribution in [0.25, 0.3) is 5.69 Å². The molecule has 0 saturated heterocycles. The molecule has 1 heterocycles. The second-order valence-corrected chi connectivity index (χ2v) is 7.43. The minimum Gasteiger partial charge on any atom is -0.491 e. The van der Waals surface area contributed by atoms with E-state index in [1.807, 2.05) is 42.5 Å². The zero-order valence-corrected chi connectivity index (χ0v) is 15.7. The summed E-state index contributed by atoms with van der Waals surface area (Å²) < 4.78 is 7.94. The fourth-order valence-corrected chi connectivity index (χ4v) is 2.62. The maximum Gasteiger partial charge on any atom is 0.368 e. The molecule has 1 atom stereocenters. The molecule has 7 nitrogen and oxygen atoms in total. The molecule has 0 aliphatic rings. The van der Waals surface area contributed by atoms with Gasteiger partial charge in [0.15, 0.2) is 0 Å². The smallest absolute Gasteiger partial charge is 0.368 e. The number of hydrogen-bond donors (Lipinski definition) is 1. The first kappa shape index (κ1) is 18.8. The van der Waals surface area contributed by atoms with Crippen LogP contribution in [0.2, 0.25) is 0 Å². The van der Waals surface area contributed by atoms with Crippen molar-refractivity contribution in [2.75, 3.05) is 6.61 Å². The van der Waals surface area contributed by atoms with Gasteiger partial charge in [-0.05, 0) is 45.7 Å². The number of aliphatic hydroxyl groups excluding tert-OH is 1. The highest BCUT2D eigenvalue weighted by molar-refractivity contribution is 5.31. The molecule has 0 aliphatic carbocycles. The van der Waals surface area contributed by atoms with Crippen molar-refractivity contribution < 1.29 is 9.84 Å². The maximum atomic E-state index is 12.4. The second kappa shape index (κ2) is 7.75. The van der Waals surface area contributed by atoms with Crippen molar-refractivity contribution in [3.8, 4) is 11.4 Å². The Kier molecular flexibility index (Phi) is 5.41. The molecule has 0 bridgehead atoms. The zero-order valence-electron chi connectivity index (χ0n) is 15.7. The van der Waals surface area contributed by atoms with Gasteiger partial charge in [0.05, 0.1) is 12.2 Å². The Morgan fingerprint density at radius 2 is 1.70 bits per heavy atom. The van der Waals surface area contributed by atoms with Crippen LogP contribution in [0.1, 0.15) is 26.3 Å². The number of ether oxygens (including phenoxy) is 1. The SMILES string of the molecule is CC(C)(C)c1ccc(OC[C@@H](O)Cn2nnn(-c3ccccc3)c2=O)cc1. The van der Waals surface area contributed by atoms with E-state index < -0.39 is 11.8 Å². The summed E-state index contributed by atoms with van der Waals surface area (Å²) in [6.07, 6.45) is -0.883. The molecule has 7 heteroatoms. The third kappa shape index (κ3) is 4.62. The normalized spacial score (nSPS) is 12.7. The van der Waals surface area contributed by atoms with Gasteiger partial charge in [-0.1, -0.05) is 51.1 Å². The van der Waals surface area contributed by atoms with Gasteiger partial charge >= 0.3 is 5.69 Å². The average Bonchev–Trinajstić information content (AvgIpc) is 3.01. The van der Waals surface area contributed by atoms with E-state index in [4.69, 9.17) is 4.74 Å². The molecule has 0 radical (unpaired) electrons. The Morgan fingerprint density at radius 1 is 1.04 bits per heavy atom. The van der Waals surface area contributed by atoms with Gasteiger partial charge in [0.25, 0.3) is 0 Å². The van der Waals surface area contributed by atoms with Gasteiger partial charge in [0.1, 0.15) is 18.5 Å². The average molecular weight is 368 g/mol. The van der Waals surface area contributed by atoms with E-state index in [2.05, 4.69) is 31.2 Å². The first-order valence-corrected chi connectivity index (χ1v) is 8.84. The predicted octanol–water partition coefficient (Wildman–Crippen LogP) is 2.17. The number of para-hydroxylation sites is 1. The molecule has 142 valence electrons. The molecule has 27 heavy (non-hydrogen) atoms. The number of hydrogen-bond acceptors (Lipinski definition) is 5. The summed E-state index contributed by atoms with van der Waals surface area (Å²) in [4.78, 5) is 12.4. The van der Waals surface area contributed by atoms with Crippen LogP contribution >= 0.6 is 0 Å².